The van der Waals surface area contributed by atoms with Gasteiger partial charge in [-0.05, 0) is 49.4 Å². The lowest BCUT2D eigenvalue weighted by Gasteiger charge is -2.17. The van der Waals surface area contributed by atoms with Crippen LogP contribution in [0.15, 0.2) is 82.2 Å². The Morgan fingerprint density at radius 1 is 0.938 bits per heavy atom. The van der Waals surface area contributed by atoms with Gasteiger partial charge in [-0.25, -0.2) is 4.90 Å². The van der Waals surface area contributed by atoms with Crippen LogP contribution in [0, 0.1) is 6.92 Å². The molecule has 0 bridgehead atoms. The minimum atomic E-state index is -0.517. The number of halogens is 2. The van der Waals surface area contributed by atoms with Crippen molar-refractivity contribution < 1.29 is 14.3 Å². The number of nitrogens with one attached hydrogen (secondary N) is 1. The van der Waals surface area contributed by atoms with Gasteiger partial charge in [-0.3, -0.25) is 9.59 Å². The van der Waals surface area contributed by atoms with E-state index in [0.29, 0.717) is 16.5 Å². The highest BCUT2D eigenvalue weighted by molar-refractivity contribution is 8.04. The molecule has 1 heterocycles. The summed E-state index contributed by atoms with van der Waals surface area (Å²) in [6.07, 6.45) is 0. The number of hydrogen-bond acceptors (Lipinski definition) is 5. The van der Waals surface area contributed by atoms with Gasteiger partial charge >= 0.3 is 0 Å². The van der Waals surface area contributed by atoms with Crippen LogP contribution in [0.5, 0.6) is 5.75 Å². The lowest BCUT2D eigenvalue weighted by molar-refractivity contribution is -0.120. The predicted molar refractivity (Wildman–Crippen MR) is 130 cm³/mol. The molecule has 1 N–H and O–H groups in total. The lowest BCUT2D eigenvalue weighted by atomic mass is 10.2. The van der Waals surface area contributed by atoms with Crippen molar-refractivity contribution in [2.45, 2.75) is 11.8 Å². The van der Waals surface area contributed by atoms with Crippen molar-refractivity contribution in [3.8, 4) is 5.75 Å². The highest BCUT2D eigenvalue weighted by Gasteiger charge is 2.41. The van der Waals surface area contributed by atoms with Crippen LogP contribution in [-0.4, -0.2) is 18.9 Å². The van der Waals surface area contributed by atoms with Crippen molar-refractivity contribution in [1.29, 1.82) is 0 Å². The number of nitrogens with zero attached hydrogens (tertiary/aromatic N) is 1. The van der Waals surface area contributed by atoms with E-state index in [4.69, 9.17) is 27.9 Å². The van der Waals surface area contributed by atoms with Crippen LogP contribution in [0.1, 0.15) is 5.56 Å². The molecule has 0 fully saturated rings. The quantitative estimate of drug-likeness (QED) is 0.416. The van der Waals surface area contributed by atoms with Gasteiger partial charge in [-0.15, -0.1) is 0 Å². The summed E-state index contributed by atoms with van der Waals surface area (Å²) >= 11 is 13.6. The number of thioether (sulfide) groups is 1. The van der Waals surface area contributed by atoms with Crippen molar-refractivity contribution in [3.63, 3.8) is 0 Å². The van der Waals surface area contributed by atoms with E-state index in [0.717, 1.165) is 15.4 Å². The monoisotopic (exact) mass is 484 g/mol. The molecule has 1 aliphatic heterocycles. The average molecular weight is 485 g/mol. The fourth-order valence-corrected chi connectivity index (χ4v) is 4.46. The summed E-state index contributed by atoms with van der Waals surface area (Å²) in [6.45, 7) is 1.98. The van der Waals surface area contributed by atoms with Crippen molar-refractivity contribution >= 4 is 58.2 Å². The van der Waals surface area contributed by atoms with Gasteiger partial charge in [0.2, 0.25) is 0 Å². The zero-order chi connectivity index (χ0) is 22.8. The first-order valence-corrected chi connectivity index (χ1v) is 11.2. The largest absolute Gasteiger partial charge is 0.497 e. The molecular formula is C24H18Cl2N2O3S. The van der Waals surface area contributed by atoms with Crippen LogP contribution in [-0.2, 0) is 9.59 Å². The molecule has 5 nitrogen and oxygen atoms in total. The number of amides is 2. The van der Waals surface area contributed by atoms with Gasteiger partial charge in [-0.2, -0.15) is 0 Å². The van der Waals surface area contributed by atoms with Gasteiger partial charge in [-0.1, -0.05) is 58.7 Å². The number of ether oxygens (including phenoxy) is 1. The summed E-state index contributed by atoms with van der Waals surface area (Å²) in [6, 6.07) is 19.5. The molecule has 3 aromatic carbocycles. The number of aryl methyl sites for hydroxylation is 1. The normalized spacial score (nSPS) is 13.7. The summed E-state index contributed by atoms with van der Waals surface area (Å²) < 4.78 is 5.26. The lowest BCUT2D eigenvalue weighted by Crippen LogP contribution is -2.32. The van der Waals surface area contributed by atoms with E-state index < -0.39 is 11.8 Å². The molecule has 0 saturated carbocycles. The minimum Gasteiger partial charge on any atom is -0.497 e. The maximum absolute atomic E-state index is 13.4. The van der Waals surface area contributed by atoms with Gasteiger partial charge in [0.05, 0.1) is 17.8 Å². The van der Waals surface area contributed by atoms with Crippen LogP contribution >= 0.6 is 35.0 Å². The number of carbonyl (C=O) groups excluding carboxylic acids is 2. The van der Waals surface area contributed by atoms with Gasteiger partial charge in [0.25, 0.3) is 11.8 Å². The van der Waals surface area contributed by atoms with Crippen molar-refractivity contribution in [3.05, 3.63) is 92.9 Å². The maximum atomic E-state index is 13.4. The van der Waals surface area contributed by atoms with Gasteiger partial charge < -0.3 is 10.1 Å². The Labute approximate surface area is 200 Å². The summed E-state index contributed by atoms with van der Waals surface area (Å²) in [5, 5.41) is 3.72. The number of hydrogen-bond donors (Lipinski definition) is 1. The number of carbonyl (C=O) groups is 2. The average Bonchev–Trinajstić information content (AvgIpc) is 3.01. The van der Waals surface area contributed by atoms with Gasteiger partial charge in [0.15, 0.2) is 0 Å². The molecule has 8 heteroatoms. The van der Waals surface area contributed by atoms with Crippen LogP contribution in [0.2, 0.25) is 10.0 Å². The second-order valence-corrected chi connectivity index (χ2v) is 8.95. The second kappa shape index (κ2) is 9.28. The zero-order valence-corrected chi connectivity index (χ0v) is 19.5. The Balaban J connectivity index is 1.77. The van der Waals surface area contributed by atoms with Crippen molar-refractivity contribution in [1.82, 2.24) is 0 Å². The SMILES string of the molecule is COc1cccc(NC2=C(Sc3ccc(C)cc3)C(=O)N(c3cc(Cl)ccc3Cl)C2=O)c1. The topological polar surface area (TPSA) is 58.6 Å². The van der Waals surface area contributed by atoms with E-state index in [-0.39, 0.29) is 21.3 Å². The standard InChI is InChI=1S/C24H18Cl2N2O3S/c1-14-6-9-18(10-7-14)32-22-21(27-16-4-3-5-17(13-16)31-2)23(29)28(24(22)30)20-12-15(25)8-11-19(20)26/h3-13,27H,1-2H3. The minimum absolute atomic E-state index is 0.157. The molecule has 0 aliphatic carbocycles. The Hall–Kier alpha value is -2.93. The molecule has 4 rings (SSSR count). The first-order chi connectivity index (χ1) is 15.4. The molecular weight excluding hydrogens is 467 g/mol. The Morgan fingerprint density at radius 2 is 1.69 bits per heavy atom. The molecule has 162 valence electrons. The van der Waals surface area contributed by atoms with Crippen molar-refractivity contribution in [2.75, 3.05) is 17.3 Å². The molecule has 0 atom stereocenters. The molecule has 0 saturated heterocycles. The second-order valence-electron chi connectivity index (χ2n) is 7.02. The molecule has 32 heavy (non-hydrogen) atoms. The third-order valence-corrected chi connectivity index (χ3v) is 6.42. The van der Waals surface area contributed by atoms with E-state index in [2.05, 4.69) is 5.32 Å². The molecule has 3 aromatic rings. The third-order valence-electron chi connectivity index (χ3n) is 4.77. The van der Waals surface area contributed by atoms with Crippen LogP contribution in [0.25, 0.3) is 0 Å². The van der Waals surface area contributed by atoms with E-state index in [1.54, 1.807) is 43.5 Å². The highest BCUT2D eigenvalue weighted by Crippen LogP contribution is 2.40. The third kappa shape index (κ3) is 4.48. The number of methoxy groups -OCH3 is 1. The van der Waals surface area contributed by atoms with Gasteiger partial charge in [0, 0.05) is 21.7 Å². The Morgan fingerprint density at radius 3 is 2.41 bits per heavy atom. The number of rotatable bonds is 6. The molecule has 0 spiro atoms. The molecule has 0 aromatic heterocycles. The maximum Gasteiger partial charge on any atom is 0.283 e. The molecule has 2 amide bonds. The first-order valence-electron chi connectivity index (χ1n) is 9.61. The molecule has 0 unspecified atom stereocenters. The van der Waals surface area contributed by atoms with Crippen LogP contribution in [0.3, 0.4) is 0 Å². The van der Waals surface area contributed by atoms with Gasteiger partial charge in [0.1, 0.15) is 16.4 Å². The highest BCUT2D eigenvalue weighted by atomic mass is 35.5. The van der Waals surface area contributed by atoms with E-state index in [9.17, 15) is 9.59 Å². The zero-order valence-electron chi connectivity index (χ0n) is 17.2. The summed E-state index contributed by atoms with van der Waals surface area (Å²) in [7, 11) is 1.56. The summed E-state index contributed by atoms with van der Waals surface area (Å²) in [5.74, 6) is -0.374. The first kappa shape index (κ1) is 22.3. The summed E-state index contributed by atoms with van der Waals surface area (Å²) in [5.41, 5.74) is 2.10. The fourth-order valence-electron chi connectivity index (χ4n) is 3.16. The predicted octanol–water partition coefficient (Wildman–Crippen LogP) is 6.30. The van der Waals surface area contributed by atoms with Crippen molar-refractivity contribution in [2.24, 2.45) is 0 Å². The van der Waals surface area contributed by atoms with Crippen LogP contribution in [0.4, 0.5) is 11.4 Å². The molecule has 0 radical (unpaired) electrons. The number of benzene rings is 3. The van der Waals surface area contributed by atoms with E-state index in [1.807, 2.05) is 31.2 Å². The number of imide groups is 1. The number of anilines is 2. The smallest absolute Gasteiger partial charge is 0.283 e. The van der Waals surface area contributed by atoms with E-state index in [1.165, 1.54) is 17.8 Å². The van der Waals surface area contributed by atoms with E-state index >= 15 is 0 Å². The fraction of sp³-hybridized carbons (Fsp3) is 0.0833. The Kier molecular flexibility index (Phi) is 6.46. The van der Waals surface area contributed by atoms with Crippen LogP contribution < -0.4 is 15.0 Å². The molecule has 1 aliphatic rings. The summed E-state index contributed by atoms with van der Waals surface area (Å²) in [4.78, 5) is 29.0. The Bertz CT molecular complexity index is 1240.